The van der Waals surface area contributed by atoms with E-state index in [0.717, 1.165) is 44.9 Å². The molecular formula is C10H11N4NaO2. The van der Waals surface area contributed by atoms with Gasteiger partial charge in [-0.2, -0.15) is 0 Å². The number of nitrogens with zero attached hydrogens (tertiary/aromatic N) is 4. The molecule has 0 fully saturated rings. The van der Waals surface area contributed by atoms with Crippen LogP contribution in [0.3, 0.4) is 0 Å². The quantitative estimate of drug-likeness (QED) is 0.547. The van der Waals surface area contributed by atoms with Crippen molar-refractivity contribution in [1.29, 1.82) is 0 Å². The Morgan fingerprint density at radius 2 is 2.06 bits per heavy atom. The van der Waals surface area contributed by atoms with Crippen LogP contribution in [0.5, 0.6) is 0 Å². The fourth-order valence-electron chi connectivity index (χ4n) is 1.34. The molecule has 6 nitrogen and oxygen atoms in total. The van der Waals surface area contributed by atoms with Crippen LogP contribution in [0.4, 0.5) is 0 Å². The molecule has 84 valence electrons. The summed E-state index contributed by atoms with van der Waals surface area (Å²) in [5.41, 5.74) is 2.96. The molecule has 0 aliphatic carbocycles. The summed E-state index contributed by atoms with van der Waals surface area (Å²) in [5.74, 6) is 0. The van der Waals surface area contributed by atoms with Crippen LogP contribution in [0, 0.1) is 6.92 Å². The van der Waals surface area contributed by atoms with Gasteiger partial charge in [-0.05, 0) is 0 Å². The molecule has 0 saturated carbocycles. The van der Waals surface area contributed by atoms with E-state index in [2.05, 4.69) is 15.1 Å². The second-order valence-corrected chi connectivity index (χ2v) is 4.37. The van der Waals surface area contributed by atoms with Crippen LogP contribution in [0.1, 0.15) is 5.69 Å². The fraction of sp³-hybridized carbons (Fsp3) is 0.200. The average molecular weight is 242 g/mol. The van der Waals surface area contributed by atoms with E-state index >= 15 is 0 Å². The van der Waals surface area contributed by atoms with E-state index in [-0.39, 0.29) is 6.47 Å². The topological polar surface area (TPSA) is 80.9 Å². The number of aryl methyl sites for hydroxylation is 2. The summed E-state index contributed by atoms with van der Waals surface area (Å²) < 4.78 is 3.14. The molecule has 0 aromatic carbocycles. The van der Waals surface area contributed by atoms with Gasteiger partial charge < -0.3 is 5.11 Å². The molecule has 0 aliphatic heterocycles. The van der Waals surface area contributed by atoms with Gasteiger partial charge >= 0.3 is 100 Å². The molecule has 2 aromatic rings. The second-order valence-electron chi connectivity index (χ2n) is 3.42. The summed E-state index contributed by atoms with van der Waals surface area (Å²) in [5, 5.41) is 11.1. The molecule has 7 heteroatoms. The van der Waals surface area contributed by atoms with E-state index in [1.165, 1.54) is 2.94 Å². The minimum Gasteiger partial charge on any atom is -0.483 e. The van der Waals surface area contributed by atoms with E-state index in [0.29, 0.717) is 0 Å². The summed E-state index contributed by atoms with van der Waals surface area (Å²) in [4.78, 5) is 16.9. The first-order chi connectivity index (χ1) is 8.10. The molecule has 0 spiro atoms. The van der Waals surface area contributed by atoms with Gasteiger partial charge in [-0.25, -0.2) is 0 Å². The number of carbonyl (C=O) groups is 1. The van der Waals surface area contributed by atoms with Crippen LogP contribution < -0.4 is 2.94 Å². The first-order valence-corrected chi connectivity index (χ1v) is 5.95. The molecule has 0 unspecified atom stereocenters. The third-order valence-electron chi connectivity index (χ3n) is 2.27. The van der Waals surface area contributed by atoms with Crippen molar-refractivity contribution in [1.82, 2.24) is 19.7 Å². The second kappa shape index (κ2) is 6.48. The van der Waals surface area contributed by atoms with Crippen LogP contribution in [0.25, 0.3) is 11.3 Å². The average Bonchev–Trinajstić information content (AvgIpc) is 2.61. The molecule has 0 aliphatic rings. The molecule has 0 radical (unpaired) electrons. The maximum absolute atomic E-state index is 8.36. The van der Waals surface area contributed by atoms with Gasteiger partial charge in [-0.15, -0.1) is 0 Å². The molecule has 0 bridgehead atoms. The van der Waals surface area contributed by atoms with Crippen molar-refractivity contribution in [3.05, 3.63) is 24.3 Å². The van der Waals surface area contributed by atoms with Gasteiger partial charge in [0.1, 0.15) is 0 Å². The van der Waals surface area contributed by atoms with E-state index in [1.807, 2.05) is 24.9 Å². The van der Waals surface area contributed by atoms with Crippen LogP contribution in [0.2, 0.25) is 0 Å². The summed E-state index contributed by atoms with van der Waals surface area (Å²) >= 11 is 0.965. The molecule has 0 amide bonds. The number of hydrogen-bond donors (Lipinski definition) is 1. The summed E-state index contributed by atoms with van der Waals surface area (Å²) in [6, 6.07) is 0. The predicted octanol–water partition coefficient (Wildman–Crippen LogP) is -0.320. The van der Waals surface area contributed by atoms with Crippen molar-refractivity contribution < 1.29 is 9.90 Å². The van der Waals surface area contributed by atoms with E-state index in [4.69, 9.17) is 9.90 Å². The maximum Gasteiger partial charge on any atom is 0.290 e. The normalized spacial score (nSPS) is 9.41. The third-order valence-corrected chi connectivity index (χ3v) is 3.45. The summed E-state index contributed by atoms with van der Waals surface area (Å²) in [7, 11) is 1.95. The van der Waals surface area contributed by atoms with Crippen LogP contribution in [0.15, 0.2) is 18.6 Å². The Kier molecular flexibility index (Phi) is 5.27. The Morgan fingerprint density at radius 1 is 1.41 bits per heavy atom. The number of hydrogen-bond acceptors (Lipinski definition) is 4. The van der Waals surface area contributed by atoms with Gasteiger partial charge in [-0.1, -0.05) is 0 Å². The minimum atomic E-state index is -0.250. The predicted molar refractivity (Wildman–Crippen MR) is 63.1 cm³/mol. The van der Waals surface area contributed by atoms with Gasteiger partial charge in [0, 0.05) is 0 Å². The summed E-state index contributed by atoms with van der Waals surface area (Å²) in [6.07, 6.45) is 5.39. The molecule has 2 aromatic heterocycles. The molecule has 0 atom stereocenters. The van der Waals surface area contributed by atoms with Crippen molar-refractivity contribution >= 4 is 37.3 Å². The number of rotatable bonds is 1. The van der Waals surface area contributed by atoms with E-state index in [1.54, 1.807) is 12.4 Å². The molecule has 2 rings (SSSR count). The monoisotopic (exact) mass is 242 g/mol. The zero-order valence-electron chi connectivity index (χ0n) is 9.95. The Balaban J connectivity index is 0.000000437. The molecular weight excluding hydrogens is 231 g/mol. The van der Waals surface area contributed by atoms with Crippen molar-refractivity contribution in [2.45, 2.75) is 6.92 Å². The first kappa shape index (κ1) is 13.8. The van der Waals surface area contributed by atoms with Crippen molar-refractivity contribution in [3.63, 3.8) is 0 Å². The van der Waals surface area contributed by atoms with Gasteiger partial charge in [-0.3, -0.25) is 4.79 Å². The smallest absolute Gasteiger partial charge is 0.290 e. The van der Waals surface area contributed by atoms with Crippen LogP contribution in [-0.2, 0) is 11.8 Å². The fourth-order valence-corrected chi connectivity index (χ4v) is 1.84. The first-order valence-electron chi connectivity index (χ1n) is 4.95. The molecule has 1 N–H and O–H groups in total. The zero-order chi connectivity index (χ0) is 12.8. The van der Waals surface area contributed by atoms with Crippen molar-refractivity contribution in [2.75, 3.05) is 0 Å². The molecule has 0 saturated heterocycles. The summed E-state index contributed by atoms with van der Waals surface area (Å²) in [6.45, 7) is 1.69. The number of aromatic nitrogens is 4. The van der Waals surface area contributed by atoms with Crippen LogP contribution in [-0.4, -0.2) is 59.3 Å². The maximum atomic E-state index is 8.36. The third kappa shape index (κ3) is 3.62. The SMILES string of the molecule is Cc1cncc(-c2cnn(C)[c]2[Na])n1.O=CO. The van der Waals surface area contributed by atoms with Crippen LogP contribution >= 0.6 is 0 Å². The molecule has 17 heavy (non-hydrogen) atoms. The Labute approximate surface area is 116 Å². The molecule has 2 heterocycles. The van der Waals surface area contributed by atoms with Gasteiger partial charge in [0.25, 0.3) is 6.47 Å². The Hall–Kier alpha value is -1.24. The van der Waals surface area contributed by atoms with E-state index < -0.39 is 0 Å². The Bertz CT molecular complexity index is 513. The number of carboxylic acid groups (broad SMARTS) is 1. The van der Waals surface area contributed by atoms with Crippen molar-refractivity contribution in [3.8, 4) is 11.3 Å². The van der Waals surface area contributed by atoms with Crippen molar-refractivity contribution in [2.24, 2.45) is 7.05 Å². The van der Waals surface area contributed by atoms with Gasteiger partial charge in [0.2, 0.25) is 0 Å². The zero-order valence-corrected chi connectivity index (χ0v) is 12.0. The standard InChI is InChI=1S/C9H9N4.CH2O2.Na/c1-7-3-10-5-9(12-7)8-4-11-13(2)6-8;2-1-3;/h3-5H,1-2H3;1H,(H,2,3);. The van der Waals surface area contributed by atoms with Gasteiger partial charge in [0.05, 0.1) is 0 Å². The van der Waals surface area contributed by atoms with Gasteiger partial charge in [0.15, 0.2) is 0 Å². The minimum absolute atomic E-state index is 0.250. The largest absolute Gasteiger partial charge is 0.483 e. The van der Waals surface area contributed by atoms with E-state index in [9.17, 15) is 0 Å². The Morgan fingerprint density at radius 3 is 2.53 bits per heavy atom.